The third kappa shape index (κ3) is 7.47. The molecule has 2 heteroatoms. The molecule has 0 N–H and O–H groups in total. The molecule has 2 nitrogen and oxygen atoms in total. The van der Waals surface area contributed by atoms with E-state index in [1.807, 2.05) is 20.8 Å². The lowest BCUT2D eigenvalue weighted by atomic mass is 10.2. The molecule has 0 aliphatic carbocycles. The van der Waals surface area contributed by atoms with Crippen LogP contribution in [0.2, 0.25) is 0 Å². The van der Waals surface area contributed by atoms with E-state index in [9.17, 15) is 4.79 Å². The normalized spacial score (nSPS) is 7.50. The Hall–Kier alpha value is -1.18. The van der Waals surface area contributed by atoms with Crippen molar-refractivity contribution in [3.8, 4) is 0 Å². The molecular weight excluding hydrogens is 174 g/mol. The molecule has 0 atom stereocenters. The molecule has 1 heterocycles. The minimum Gasteiger partial charge on any atom is -0.298 e. The van der Waals surface area contributed by atoms with Crippen LogP contribution in [0.5, 0.6) is 0 Å². The van der Waals surface area contributed by atoms with Crippen LogP contribution in [0.25, 0.3) is 0 Å². The number of hydrogen-bond donors (Lipinski definition) is 0. The van der Waals surface area contributed by atoms with Gasteiger partial charge in [-0.15, -0.1) is 0 Å². The number of aldehydes is 1. The van der Waals surface area contributed by atoms with E-state index >= 15 is 0 Å². The number of nitrogens with zero attached hydrogens (tertiary/aromatic N) is 1. The van der Waals surface area contributed by atoms with E-state index in [0.29, 0.717) is 5.56 Å². The molecule has 0 bridgehead atoms. The summed E-state index contributed by atoms with van der Waals surface area (Å²) in [7, 11) is 0. The Morgan fingerprint density at radius 2 is 1.86 bits per heavy atom. The highest BCUT2D eigenvalue weighted by molar-refractivity contribution is 5.75. The van der Waals surface area contributed by atoms with Crippen LogP contribution in [0.3, 0.4) is 0 Å². The van der Waals surface area contributed by atoms with Crippen molar-refractivity contribution in [3.63, 3.8) is 0 Å². The molecule has 0 aromatic carbocycles. The van der Waals surface area contributed by atoms with Crippen LogP contribution in [0.4, 0.5) is 0 Å². The Morgan fingerprint density at radius 3 is 2.14 bits per heavy atom. The molecular formula is C12H21NO. The molecule has 14 heavy (non-hydrogen) atoms. The first-order valence-electron chi connectivity index (χ1n) is 5.13. The Bertz CT molecular complexity index is 234. The van der Waals surface area contributed by atoms with Gasteiger partial charge in [-0.1, -0.05) is 34.1 Å². The molecule has 0 amide bonds. The summed E-state index contributed by atoms with van der Waals surface area (Å²) in [5.41, 5.74) is 1.45. The predicted molar refractivity (Wildman–Crippen MR) is 61.7 cm³/mol. The fourth-order valence-corrected chi connectivity index (χ4v) is 0.621. The van der Waals surface area contributed by atoms with Crippen molar-refractivity contribution in [1.82, 2.24) is 4.98 Å². The average molecular weight is 195 g/mol. The van der Waals surface area contributed by atoms with E-state index in [1.165, 1.54) is 6.42 Å². The van der Waals surface area contributed by atoms with Crippen LogP contribution in [-0.4, -0.2) is 11.3 Å². The maximum Gasteiger partial charge on any atom is 0.151 e. The smallest absolute Gasteiger partial charge is 0.151 e. The van der Waals surface area contributed by atoms with Crippen molar-refractivity contribution in [3.05, 3.63) is 29.6 Å². The van der Waals surface area contributed by atoms with E-state index in [0.717, 1.165) is 12.0 Å². The summed E-state index contributed by atoms with van der Waals surface area (Å²) in [5, 5.41) is 0. The van der Waals surface area contributed by atoms with Gasteiger partial charge in [-0.05, 0) is 19.1 Å². The molecule has 1 rings (SSSR count). The Kier molecular flexibility index (Phi) is 12.9. The Morgan fingerprint density at radius 1 is 1.36 bits per heavy atom. The van der Waals surface area contributed by atoms with Crippen LogP contribution >= 0.6 is 0 Å². The summed E-state index contributed by atoms with van der Waals surface area (Å²) in [6.45, 7) is 10.1. The lowest BCUT2D eigenvalue weighted by molar-refractivity contribution is 0.112. The van der Waals surface area contributed by atoms with Gasteiger partial charge < -0.3 is 0 Å². The largest absolute Gasteiger partial charge is 0.298 e. The zero-order valence-electron chi connectivity index (χ0n) is 9.87. The highest BCUT2D eigenvalue weighted by Crippen LogP contribution is 1.97. The fraction of sp³-hybridized carbons (Fsp3) is 0.500. The van der Waals surface area contributed by atoms with Gasteiger partial charge in [0.2, 0.25) is 0 Å². The molecule has 0 saturated carbocycles. The van der Waals surface area contributed by atoms with Crippen molar-refractivity contribution in [1.29, 1.82) is 0 Å². The molecule has 0 unspecified atom stereocenters. The second-order valence-corrected chi connectivity index (χ2v) is 2.50. The van der Waals surface area contributed by atoms with E-state index < -0.39 is 0 Å². The van der Waals surface area contributed by atoms with Crippen molar-refractivity contribution in [2.75, 3.05) is 0 Å². The lowest BCUT2D eigenvalue weighted by Crippen LogP contribution is -1.87. The van der Waals surface area contributed by atoms with Gasteiger partial charge in [0.25, 0.3) is 0 Å². The van der Waals surface area contributed by atoms with Crippen molar-refractivity contribution >= 4 is 6.29 Å². The third-order valence-corrected chi connectivity index (χ3v) is 1.17. The molecule has 0 aliphatic heterocycles. The fourth-order valence-electron chi connectivity index (χ4n) is 0.621. The molecule has 1 aromatic heterocycles. The third-order valence-electron chi connectivity index (χ3n) is 1.17. The highest BCUT2D eigenvalue weighted by atomic mass is 16.1. The van der Waals surface area contributed by atoms with Crippen LogP contribution in [-0.2, 0) is 0 Å². The number of rotatable bonds is 1. The van der Waals surface area contributed by atoms with Gasteiger partial charge in [0.05, 0.1) is 0 Å². The summed E-state index contributed by atoms with van der Waals surface area (Å²) >= 11 is 0. The quantitative estimate of drug-likeness (QED) is 0.640. The second kappa shape index (κ2) is 11.8. The zero-order valence-corrected chi connectivity index (χ0v) is 9.87. The van der Waals surface area contributed by atoms with Crippen LogP contribution in [0.1, 0.15) is 50.2 Å². The van der Waals surface area contributed by atoms with Gasteiger partial charge in [0, 0.05) is 17.5 Å². The van der Waals surface area contributed by atoms with Crippen molar-refractivity contribution < 1.29 is 4.79 Å². The van der Waals surface area contributed by atoms with Gasteiger partial charge in [-0.2, -0.15) is 0 Å². The van der Waals surface area contributed by atoms with E-state index in [4.69, 9.17) is 0 Å². The van der Waals surface area contributed by atoms with E-state index in [1.54, 1.807) is 18.3 Å². The van der Waals surface area contributed by atoms with Crippen molar-refractivity contribution in [2.45, 2.75) is 41.0 Å². The minimum absolute atomic E-state index is 0.664. The van der Waals surface area contributed by atoms with Crippen LogP contribution in [0.15, 0.2) is 18.3 Å². The van der Waals surface area contributed by atoms with Crippen LogP contribution < -0.4 is 0 Å². The standard InChI is InChI=1S/C7H7NO.C3H8.C2H6/c1-6-7(5-9)3-2-4-8-6;1-3-2;1-2/h2-5H,1H3;3H2,1-2H3;1-2H3. The highest BCUT2D eigenvalue weighted by Gasteiger charge is 1.91. The number of hydrogen-bond acceptors (Lipinski definition) is 2. The Labute approximate surface area is 87.4 Å². The molecule has 0 fully saturated rings. The first kappa shape index (κ1) is 15.3. The molecule has 0 spiro atoms. The topological polar surface area (TPSA) is 30.0 Å². The number of aryl methyl sites for hydroxylation is 1. The molecule has 0 radical (unpaired) electrons. The number of aromatic nitrogens is 1. The SMILES string of the molecule is CC.CCC.Cc1ncccc1C=O. The lowest BCUT2D eigenvalue weighted by Gasteiger charge is -1.91. The van der Waals surface area contributed by atoms with E-state index in [2.05, 4.69) is 18.8 Å². The maximum atomic E-state index is 10.2. The number of pyridine rings is 1. The van der Waals surface area contributed by atoms with Crippen LogP contribution in [0, 0.1) is 6.92 Å². The summed E-state index contributed by atoms with van der Waals surface area (Å²) in [5.74, 6) is 0. The molecule has 80 valence electrons. The van der Waals surface area contributed by atoms with Gasteiger partial charge in [-0.3, -0.25) is 9.78 Å². The monoisotopic (exact) mass is 195 g/mol. The first-order chi connectivity index (χ1) is 6.76. The predicted octanol–water partition coefficient (Wildman–Crippen LogP) is 3.65. The Balaban J connectivity index is 0. The second-order valence-electron chi connectivity index (χ2n) is 2.50. The molecule has 0 saturated heterocycles. The van der Waals surface area contributed by atoms with Gasteiger partial charge in [-0.25, -0.2) is 0 Å². The summed E-state index contributed by atoms with van der Waals surface area (Å²) < 4.78 is 0. The van der Waals surface area contributed by atoms with Gasteiger partial charge in [0.1, 0.15) is 0 Å². The summed E-state index contributed by atoms with van der Waals surface area (Å²) in [4.78, 5) is 14.1. The average Bonchev–Trinajstić information content (AvgIpc) is 2.23. The number of carbonyl (C=O) groups is 1. The zero-order chi connectivity index (χ0) is 11.4. The summed E-state index contributed by atoms with van der Waals surface area (Å²) in [6.07, 6.45) is 3.73. The minimum atomic E-state index is 0.664. The van der Waals surface area contributed by atoms with E-state index in [-0.39, 0.29) is 0 Å². The maximum absolute atomic E-state index is 10.2. The van der Waals surface area contributed by atoms with Gasteiger partial charge >= 0.3 is 0 Å². The molecule has 0 aliphatic rings. The van der Waals surface area contributed by atoms with Gasteiger partial charge in [0.15, 0.2) is 6.29 Å². The summed E-state index contributed by atoms with van der Waals surface area (Å²) in [6, 6.07) is 3.49. The molecule has 1 aromatic rings. The number of carbonyl (C=O) groups excluding carboxylic acids is 1. The van der Waals surface area contributed by atoms with Crippen molar-refractivity contribution in [2.24, 2.45) is 0 Å². The first-order valence-corrected chi connectivity index (χ1v) is 5.13.